The number of hydrogen-bond acceptors (Lipinski definition) is 5. The third-order valence-electron chi connectivity index (χ3n) is 5.43. The van der Waals surface area contributed by atoms with Gasteiger partial charge in [-0.3, -0.25) is 4.79 Å². The van der Waals surface area contributed by atoms with Crippen LogP contribution in [0.4, 0.5) is 11.6 Å². The SMILES string of the molecule is CC#Cc1cccc2cc(CC)c(-c3ccccc3)nc12.NC(=O)c1c(N)nn2c1NCC=C2. The van der Waals surface area contributed by atoms with Gasteiger partial charge in [-0.2, -0.15) is 0 Å². The number of carbonyl (C=O) groups excluding carboxylic acids is 1. The van der Waals surface area contributed by atoms with Gasteiger partial charge < -0.3 is 16.8 Å². The molecule has 3 heterocycles. The van der Waals surface area contributed by atoms with E-state index >= 15 is 0 Å². The summed E-state index contributed by atoms with van der Waals surface area (Å²) in [6.45, 7) is 4.67. The third-order valence-corrected chi connectivity index (χ3v) is 5.43. The van der Waals surface area contributed by atoms with E-state index in [9.17, 15) is 4.79 Å². The van der Waals surface area contributed by atoms with Crippen LogP contribution in [0.1, 0.15) is 35.3 Å². The minimum Gasteiger partial charge on any atom is -0.381 e. The van der Waals surface area contributed by atoms with Crippen LogP contribution in [0.25, 0.3) is 28.4 Å². The van der Waals surface area contributed by atoms with Gasteiger partial charge in [-0.25, -0.2) is 9.67 Å². The summed E-state index contributed by atoms with van der Waals surface area (Å²) in [5.41, 5.74) is 16.4. The summed E-state index contributed by atoms with van der Waals surface area (Å²) in [4.78, 5) is 15.9. The highest BCUT2D eigenvalue weighted by molar-refractivity contribution is 6.02. The molecule has 170 valence electrons. The van der Waals surface area contributed by atoms with E-state index in [0.29, 0.717) is 12.4 Å². The van der Waals surface area contributed by atoms with Crippen LogP contribution in [-0.4, -0.2) is 27.2 Å². The second-order valence-corrected chi connectivity index (χ2v) is 7.65. The number of nitrogens with zero attached hydrogens (tertiary/aromatic N) is 3. The fourth-order valence-electron chi connectivity index (χ4n) is 3.87. The highest BCUT2D eigenvalue weighted by atomic mass is 16.1. The molecule has 0 bridgehead atoms. The van der Waals surface area contributed by atoms with E-state index in [0.717, 1.165) is 34.1 Å². The van der Waals surface area contributed by atoms with Crippen LogP contribution in [0, 0.1) is 11.8 Å². The van der Waals surface area contributed by atoms with E-state index in [4.69, 9.17) is 16.5 Å². The number of pyridine rings is 1. The smallest absolute Gasteiger partial charge is 0.256 e. The van der Waals surface area contributed by atoms with E-state index in [2.05, 4.69) is 65.6 Å². The van der Waals surface area contributed by atoms with Gasteiger partial charge in [0.1, 0.15) is 11.4 Å². The van der Waals surface area contributed by atoms with Crippen molar-refractivity contribution in [3.05, 3.63) is 77.4 Å². The topological polar surface area (TPSA) is 112 Å². The zero-order valence-electron chi connectivity index (χ0n) is 19.2. The molecule has 7 nitrogen and oxygen atoms in total. The number of benzene rings is 2. The van der Waals surface area contributed by atoms with Gasteiger partial charge in [0.05, 0.1) is 16.8 Å². The van der Waals surface area contributed by atoms with Gasteiger partial charge in [0.25, 0.3) is 5.91 Å². The van der Waals surface area contributed by atoms with Gasteiger partial charge >= 0.3 is 0 Å². The molecule has 1 aliphatic heterocycles. The quantitative estimate of drug-likeness (QED) is 0.403. The number of rotatable bonds is 3. The van der Waals surface area contributed by atoms with Crippen molar-refractivity contribution < 1.29 is 4.79 Å². The van der Waals surface area contributed by atoms with Gasteiger partial charge in [0, 0.05) is 23.7 Å². The molecule has 1 aliphatic rings. The molecule has 0 unspecified atom stereocenters. The van der Waals surface area contributed by atoms with E-state index in [1.54, 1.807) is 6.20 Å². The molecule has 5 N–H and O–H groups in total. The third kappa shape index (κ3) is 4.48. The number of nitrogens with two attached hydrogens (primary N) is 2. The molecular weight excluding hydrogens is 424 g/mol. The molecule has 0 atom stereocenters. The van der Waals surface area contributed by atoms with Crippen molar-refractivity contribution in [3.8, 4) is 23.1 Å². The molecule has 0 spiro atoms. The van der Waals surface area contributed by atoms with Crippen molar-refractivity contribution in [3.63, 3.8) is 0 Å². The Morgan fingerprint density at radius 1 is 1.18 bits per heavy atom. The van der Waals surface area contributed by atoms with E-state index in [1.165, 1.54) is 10.2 Å². The molecular formula is C27H26N6O. The zero-order chi connectivity index (χ0) is 24.1. The van der Waals surface area contributed by atoms with Crippen LogP contribution < -0.4 is 16.8 Å². The molecule has 4 aromatic rings. The summed E-state index contributed by atoms with van der Waals surface area (Å²) >= 11 is 0. The van der Waals surface area contributed by atoms with Crippen molar-refractivity contribution in [2.24, 2.45) is 5.73 Å². The maximum atomic E-state index is 11.0. The Hall–Kier alpha value is -4.57. The number of hydrogen-bond donors (Lipinski definition) is 3. The van der Waals surface area contributed by atoms with Crippen LogP contribution in [0.5, 0.6) is 0 Å². The Labute approximate surface area is 198 Å². The van der Waals surface area contributed by atoms with Crippen LogP contribution in [0.3, 0.4) is 0 Å². The molecule has 7 heteroatoms. The number of amides is 1. The number of nitrogen functional groups attached to an aromatic ring is 1. The number of aryl methyl sites for hydroxylation is 1. The van der Waals surface area contributed by atoms with Gasteiger partial charge in [0.15, 0.2) is 5.82 Å². The Balaban J connectivity index is 0.000000180. The highest BCUT2D eigenvalue weighted by Gasteiger charge is 2.20. The number of para-hydroxylation sites is 1. The fraction of sp³-hybridized carbons (Fsp3) is 0.148. The first-order valence-corrected chi connectivity index (χ1v) is 11.0. The average Bonchev–Trinajstić information content (AvgIpc) is 3.20. The number of aromatic nitrogens is 3. The molecule has 0 saturated heterocycles. The second-order valence-electron chi connectivity index (χ2n) is 7.65. The Morgan fingerprint density at radius 2 is 1.97 bits per heavy atom. The van der Waals surface area contributed by atoms with Gasteiger partial charge in [0.2, 0.25) is 0 Å². The van der Waals surface area contributed by atoms with Gasteiger partial charge in [-0.05, 0) is 37.1 Å². The Kier molecular flexibility index (Phi) is 6.60. The summed E-state index contributed by atoms with van der Waals surface area (Å²) in [7, 11) is 0. The first-order valence-electron chi connectivity index (χ1n) is 11.0. The van der Waals surface area contributed by atoms with E-state index < -0.39 is 5.91 Å². The molecule has 1 amide bonds. The first kappa shape index (κ1) is 22.6. The molecule has 2 aromatic carbocycles. The lowest BCUT2D eigenvalue weighted by molar-refractivity contribution is 0.100. The number of primary amides is 1. The number of nitrogens with one attached hydrogen (secondary N) is 1. The maximum Gasteiger partial charge on any atom is 0.256 e. The predicted octanol–water partition coefficient (Wildman–Crippen LogP) is 4.30. The molecule has 34 heavy (non-hydrogen) atoms. The lowest BCUT2D eigenvalue weighted by Crippen LogP contribution is -2.17. The minimum absolute atomic E-state index is 0.154. The largest absolute Gasteiger partial charge is 0.381 e. The Bertz CT molecular complexity index is 1440. The van der Waals surface area contributed by atoms with Gasteiger partial charge in [-0.1, -0.05) is 55.3 Å². The summed E-state index contributed by atoms with van der Waals surface area (Å²) in [6, 6.07) is 18.8. The second kappa shape index (κ2) is 9.92. The number of fused-ring (bicyclic) bond motifs is 2. The van der Waals surface area contributed by atoms with Crippen molar-refractivity contribution in [2.45, 2.75) is 20.3 Å². The fourth-order valence-corrected chi connectivity index (χ4v) is 3.87. The van der Waals surface area contributed by atoms with Crippen molar-refractivity contribution >= 4 is 34.6 Å². The molecule has 5 rings (SSSR count). The first-order chi connectivity index (χ1) is 16.5. The predicted molar refractivity (Wildman–Crippen MR) is 138 cm³/mol. The summed E-state index contributed by atoms with van der Waals surface area (Å²) in [6.07, 6.45) is 4.57. The van der Waals surface area contributed by atoms with Crippen LogP contribution in [-0.2, 0) is 6.42 Å². The molecule has 2 aromatic heterocycles. The maximum absolute atomic E-state index is 11.0. The number of carbonyl (C=O) groups is 1. The minimum atomic E-state index is -0.568. The Morgan fingerprint density at radius 3 is 2.68 bits per heavy atom. The van der Waals surface area contributed by atoms with Gasteiger partial charge in [-0.15, -0.1) is 11.0 Å². The summed E-state index contributed by atoms with van der Waals surface area (Å²) in [5, 5.41) is 8.04. The highest BCUT2D eigenvalue weighted by Crippen LogP contribution is 2.27. The number of anilines is 2. The van der Waals surface area contributed by atoms with Crippen molar-refractivity contribution in [1.82, 2.24) is 14.8 Å². The van der Waals surface area contributed by atoms with Crippen LogP contribution in [0.2, 0.25) is 0 Å². The lowest BCUT2D eigenvalue weighted by atomic mass is 10.00. The summed E-state index contributed by atoms with van der Waals surface area (Å²) < 4.78 is 1.50. The van der Waals surface area contributed by atoms with Crippen LogP contribution in [0.15, 0.2) is 60.7 Å². The molecule has 0 radical (unpaired) electrons. The van der Waals surface area contributed by atoms with Crippen molar-refractivity contribution in [2.75, 3.05) is 17.6 Å². The van der Waals surface area contributed by atoms with Crippen LogP contribution >= 0.6 is 0 Å². The van der Waals surface area contributed by atoms with Crippen molar-refractivity contribution in [1.29, 1.82) is 0 Å². The average molecular weight is 451 g/mol. The summed E-state index contributed by atoms with van der Waals surface area (Å²) in [5.74, 6) is 6.28. The monoisotopic (exact) mass is 450 g/mol. The van der Waals surface area contributed by atoms with E-state index in [-0.39, 0.29) is 11.4 Å². The lowest BCUT2D eigenvalue weighted by Gasteiger charge is -2.10. The standard InChI is InChI=1S/C20H17N.C7H9N5O/c1-3-9-16-12-8-13-18-14-15(4-2)19(21-20(16)18)17-10-6-5-7-11-17;8-5-4(6(9)13)7-10-2-1-3-12(7)11-5/h5-8,10-14H,4H2,1-2H3;1,3,10H,2H2,(H2,8,11)(H2,9,13). The molecule has 0 fully saturated rings. The normalized spacial score (nSPS) is 11.5. The molecule has 0 aliphatic carbocycles. The molecule has 0 saturated carbocycles. The zero-order valence-corrected chi connectivity index (χ0v) is 19.2. The van der Waals surface area contributed by atoms with E-state index in [1.807, 2.05) is 31.2 Å².